The number of aromatic nitrogens is 1. The molecular formula is C17H17ClF3N3O4S. The van der Waals surface area contributed by atoms with Crippen LogP contribution in [0, 0.1) is 13.8 Å². The number of aryl methyl sites for hydroxylation is 2. The Kier molecular flexibility index (Phi) is 5.67. The van der Waals surface area contributed by atoms with Crippen LogP contribution in [0.15, 0.2) is 27.6 Å². The van der Waals surface area contributed by atoms with E-state index in [4.69, 9.17) is 16.1 Å². The third kappa shape index (κ3) is 4.12. The highest BCUT2D eigenvalue weighted by molar-refractivity contribution is 7.89. The van der Waals surface area contributed by atoms with Gasteiger partial charge in [0.1, 0.15) is 16.6 Å². The fourth-order valence-corrected chi connectivity index (χ4v) is 5.47. The molecule has 12 heteroatoms. The van der Waals surface area contributed by atoms with Crippen molar-refractivity contribution in [2.24, 2.45) is 0 Å². The lowest BCUT2D eigenvalue weighted by atomic mass is 10.1. The zero-order valence-corrected chi connectivity index (χ0v) is 17.0. The Labute approximate surface area is 169 Å². The van der Waals surface area contributed by atoms with E-state index in [-0.39, 0.29) is 35.0 Å². The molecular weight excluding hydrogens is 435 g/mol. The van der Waals surface area contributed by atoms with Crippen molar-refractivity contribution in [1.29, 1.82) is 0 Å². The van der Waals surface area contributed by atoms with Crippen molar-refractivity contribution < 1.29 is 30.9 Å². The number of nitrogens with one attached hydrogen (secondary N) is 1. The Morgan fingerprint density at radius 1 is 1.34 bits per heavy atom. The van der Waals surface area contributed by atoms with Crippen LogP contribution >= 0.6 is 11.6 Å². The number of alkyl halides is 3. The maximum Gasteiger partial charge on any atom is 0.417 e. The summed E-state index contributed by atoms with van der Waals surface area (Å²) >= 11 is 5.58. The molecule has 1 N–H and O–H groups in total. The average molecular weight is 452 g/mol. The van der Waals surface area contributed by atoms with Crippen molar-refractivity contribution >= 4 is 33.2 Å². The number of carbonyl (C=O) groups is 1. The summed E-state index contributed by atoms with van der Waals surface area (Å²) in [5, 5.41) is 5.49. The van der Waals surface area contributed by atoms with E-state index in [0.717, 1.165) is 10.4 Å². The summed E-state index contributed by atoms with van der Waals surface area (Å²) in [7, 11) is -4.07. The number of carbonyl (C=O) groups excluding carboxylic acids is 1. The van der Waals surface area contributed by atoms with Crippen LogP contribution in [-0.2, 0) is 21.0 Å². The number of rotatable bonds is 4. The van der Waals surface area contributed by atoms with Crippen LogP contribution in [0.25, 0.3) is 0 Å². The van der Waals surface area contributed by atoms with E-state index in [1.54, 1.807) is 0 Å². The Bertz CT molecular complexity index is 1030. The van der Waals surface area contributed by atoms with Gasteiger partial charge in [0.15, 0.2) is 5.76 Å². The van der Waals surface area contributed by atoms with Gasteiger partial charge in [-0.2, -0.15) is 17.5 Å². The summed E-state index contributed by atoms with van der Waals surface area (Å²) in [6.07, 6.45) is -4.03. The third-order valence-corrected chi connectivity index (χ3v) is 7.06. The minimum absolute atomic E-state index is 0.0961. The van der Waals surface area contributed by atoms with Crippen molar-refractivity contribution in [3.63, 3.8) is 0 Å². The Hall–Kier alpha value is -2.11. The van der Waals surface area contributed by atoms with E-state index in [9.17, 15) is 26.4 Å². The second-order valence-electron chi connectivity index (χ2n) is 6.61. The van der Waals surface area contributed by atoms with Crippen LogP contribution in [0.2, 0.25) is 5.02 Å². The first-order chi connectivity index (χ1) is 13.4. The largest absolute Gasteiger partial charge is 0.417 e. The summed E-state index contributed by atoms with van der Waals surface area (Å²) in [6.45, 7) is 3.02. The molecule has 1 amide bonds. The molecule has 0 spiro atoms. The first kappa shape index (κ1) is 21.6. The minimum Gasteiger partial charge on any atom is -0.360 e. The van der Waals surface area contributed by atoms with Gasteiger partial charge in [-0.15, -0.1) is 0 Å². The molecule has 1 aliphatic heterocycles. The summed E-state index contributed by atoms with van der Waals surface area (Å²) in [6, 6.07) is 1.88. The molecule has 1 fully saturated rings. The van der Waals surface area contributed by atoms with E-state index < -0.39 is 38.7 Å². The quantitative estimate of drug-likeness (QED) is 0.764. The number of amides is 1. The smallest absolute Gasteiger partial charge is 0.360 e. The number of hydrogen-bond acceptors (Lipinski definition) is 5. The van der Waals surface area contributed by atoms with Gasteiger partial charge >= 0.3 is 6.18 Å². The monoisotopic (exact) mass is 451 g/mol. The molecule has 0 saturated carbocycles. The predicted octanol–water partition coefficient (Wildman–Crippen LogP) is 3.76. The van der Waals surface area contributed by atoms with Crippen molar-refractivity contribution in [2.75, 3.05) is 11.9 Å². The number of hydrogen-bond donors (Lipinski definition) is 1. The number of anilines is 1. The number of benzene rings is 1. The van der Waals surface area contributed by atoms with Crippen LogP contribution in [0.1, 0.15) is 29.9 Å². The van der Waals surface area contributed by atoms with Gasteiger partial charge in [0.2, 0.25) is 15.9 Å². The van der Waals surface area contributed by atoms with E-state index >= 15 is 0 Å². The molecule has 1 aromatic carbocycles. The highest BCUT2D eigenvalue weighted by Gasteiger charge is 2.42. The molecule has 0 bridgehead atoms. The Morgan fingerprint density at radius 3 is 2.62 bits per heavy atom. The van der Waals surface area contributed by atoms with Gasteiger partial charge in [0, 0.05) is 12.2 Å². The zero-order valence-electron chi connectivity index (χ0n) is 15.4. The molecule has 158 valence electrons. The number of halogens is 4. The van der Waals surface area contributed by atoms with E-state index in [2.05, 4.69) is 10.5 Å². The normalized spacial score (nSPS) is 18.2. The van der Waals surface area contributed by atoms with Crippen LogP contribution in [0.4, 0.5) is 18.9 Å². The molecule has 0 unspecified atom stereocenters. The molecule has 0 aliphatic carbocycles. The molecule has 1 saturated heterocycles. The topological polar surface area (TPSA) is 92.5 Å². The third-order valence-electron chi connectivity index (χ3n) is 4.58. The first-order valence-corrected chi connectivity index (χ1v) is 10.4. The maximum atomic E-state index is 13.0. The molecule has 1 aliphatic rings. The lowest BCUT2D eigenvalue weighted by Crippen LogP contribution is -2.43. The lowest BCUT2D eigenvalue weighted by Gasteiger charge is -2.23. The molecule has 7 nitrogen and oxygen atoms in total. The molecule has 1 atom stereocenters. The minimum atomic E-state index is -4.69. The van der Waals surface area contributed by atoms with Gasteiger partial charge in [-0.25, -0.2) is 8.42 Å². The van der Waals surface area contributed by atoms with Gasteiger partial charge < -0.3 is 9.84 Å². The van der Waals surface area contributed by atoms with Crippen LogP contribution in [0.3, 0.4) is 0 Å². The van der Waals surface area contributed by atoms with Crippen LogP contribution in [0.5, 0.6) is 0 Å². The van der Waals surface area contributed by atoms with Crippen molar-refractivity contribution in [3.8, 4) is 0 Å². The van der Waals surface area contributed by atoms with Crippen LogP contribution in [-0.4, -0.2) is 36.4 Å². The Balaban J connectivity index is 1.86. The summed E-state index contributed by atoms with van der Waals surface area (Å²) < 4.78 is 71.0. The summed E-state index contributed by atoms with van der Waals surface area (Å²) in [5.41, 5.74) is -1.06. The zero-order chi connectivity index (χ0) is 21.6. The molecule has 2 aromatic rings. The highest BCUT2D eigenvalue weighted by atomic mass is 35.5. The Morgan fingerprint density at radius 2 is 2.03 bits per heavy atom. The standard InChI is InChI=1S/C17H17ClF3N3O4S/c1-9-15(10(2)28-23-9)29(26,27)24-7-3-4-14(24)16(25)22-11-5-6-13(18)12(8-11)17(19,20)21/h5-6,8,14H,3-4,7H2,1-2H3,(H,22,25)/t14-/m0/s1. The van der Waals surface area contributed by atoms with Crippen molar-refractivity contribution in [1.82, 2.24) is 9.46 Å². The summed E-state index contributed by atoms with van der Waals surface area (Å²) in [4.78, 5) is 12.6. The molecule has 1 aromatic heterocycles. The van der Waals surface area contributed by atoms with Gasteiger partial charge in [-0.3, -0.25) is 4.79 Å². The number of nitrogens with zero attached hydrogens (tertiary/aromatic N) is 2. The molecule has 0 radical (unpaired) electrons. The van der Waals surface area contributed by atoms with Gasteiger partial charge in [0.05, 0.1) is 10.6 Å². The van der Waals surface area contributed by atoms with E-state index in [0.29, 0.717) is 12.5 Å². The molecule has 3 rings (SSSR count). The van der Waals surface area contributed by atoms with Crippen molar-refractivity contribution in [3.05, 3.63) is 40.2 Å². The van der Waals surface area contributed by atoms with E-state index in [1.807, 2.05) is 0 Å². The lowest BCUT2D eigenvalue weighted by molar-refractivity contribution is -0.137. The fraction of sp³-hybridized carbons (Fsp3) is 0.412. The fourth-order valence-electron chi connectivity index (χ4n) is 3.30. The van der Waals surface area contributed by atoms with E-state index in [1.165, 1.54) is 19.9 Å². The second-order valence-corrected chi connectivity index (χ2v) is 8.84. The van der Waals surface area contributed by atoms with Gasteiger partial charge in [-0.1, -0.05) is 16.8 Å². The molecule has 2 heterocycles. The SMILES string of the molecule is Cc1noc(C)c1S(=O)(=O)N1CCC[C@H]1C(=O)Nc1ccc(Cl)c(C(F)(F)F)c1. The molecule has 29 heavy (non-hydrogen) atoms. The first-order valence-electron chi connectivity index (χ1n) is 8.55. The van der Waals surface area contributed by atoms with Crippen molar-refractivity contribution in [2.45, 2.75) is 43.8 Å². The van der Waals surface area contributed by atoms with Gasteiger partial charge in [0.25, 0.3) is 0 Å². The average Bonchev–Trinajstić information content (AvgIpc) is 3.23. The van der Waals surface area contributed by atoms with Crippen LogP contribution < -0.4 is 5.32 Å². The maximum absolute atomic E-state index is 13.0. The number of sulfonamides is 1. The predicted molar refractivity (Wildman–Crippen MR) is 98.0 cm³/mol. The second kappa shape index (κ2) is 7.62. The highest BCUT2D eigenvalue weighted by Crippen LogP contribution is 2.36. The van der Waals surface area contributed by atoms with Gasteiger partial charge in [-0.05, 0) is 44.9 Å². The summed E-state index contributed by atoms with van der Waals surface area (Å²) in [5.74, 6) is -0.630.